The van der Waals surface area contributed by atoms with Crippen molar-refractivity contribution in [1.82, 2.24) is 9.83 Å². The minimum atomic E-state index is -0.163. The SMILES string of the molecule is O=c1ccc(CBr)cn1Nc1cc(-c2ccccc2)on1. The summed E-state index contributed by atoms with van der Waals surface area (Å²) in [6, 6.07) is 14.7. The Balaban J connectivity index is 1.87. The Morgan fingerprint density at radius 2 is 2.00 bits per heavy atom. The molecule has 0 aliphatic rings. The van der Waals surface area contributed by atoms with E-state index < -0.39 is 0 Å². The van der Waals surface area contributed by atoms with Gasteiger partial charge in [-0.3, -0.25) is 10.2 Å². The molecule has 0 saturated carbocycles. The third-order valence-electron chi connectivity index (χ3n) is 2.93. The van der Waals surface area contributed by atoms with E-state index >= 15 is 0 Å². The molecular formula is C15H12BrN3O2. The lowest BCUT2D eigenvalue weighted by Gasteiger charge is -2.06. The summed E-state index contributed by atoms with van der Waals surface area (Å²) < 4.78 is 6.66. The lowest BCUT2D eigenvalue weighted by atomic mass is 10.2. The van der Waals surface area contributed by atoms with Crippen molar-refractivity contribution in [3.05, 3.63) is 70.6 Å². The zero-order chi connectivity index (χ0) is 14.7. The fraction of sp³-hybridized carbons (Fsp3) is 0.0667. The number of hydrogen-bond donors (Lipinski definition) is 1. The lowest BCUT2D eigenvalue weighted by molar-refractivity contribution is 0.434. The van der Waals surface area contributed by atoms with Gasteiger partial charge >= 0.3 is 0 Å². The number of aromatic nitrogens is 2. The number of halogens is 1. The molecule has 0 atom stereocenters. The van der Waals surface area contributed by atoms with Crippen LogP contribution in [0.15, 0.2) is 64.0 Å². The predicted molar refractivity (Wildman–Crippen MR) is 84.3 cm³/mol. The van der Waals surface area contributed by atoms with E-state index in [1.165, 1.54) is 10.7 Å². The summed E-state index contributed by atoms with van der Waals surface area (Å²) >= 11 is 3.36. The molecule has 1 N–H and O–H groups in total. The van der Waals surface area contributed by atoms with Crippen molar-refractivity contribution in [2.24, 2.45) is 0 Å². The smallest absolute Gasteiger partial charge is 0.269 e. The van der Waals surface area contributed by atoms with Crippen molar-refractivity contribution in [2.75, 3.05) is 5.43 Å². The number of rotatable bonds is 4. The molecule has 6 heteroatoms. The molecule has 0 aliphatic carbocycles. The highest BCUT2D eigenvalue weighted by Crippen LogP contribution is 2.21. The minimum Gasteiger partial charge on any atom is -0.354 e. The van der Waals surface area contributed by atoms with Gasteiger partial charge in [-0.25, -0.2) is 4.68 Å². The summed E-state index contributed by atoms with van der Waals surface area (Å²) in [6.45, 7) is 0. The first-order chi connectivity index (χ1) is 10.3. The van der Waals surface area contributed by atoms with Crippen molar-refractivity contribution in [2.45, 2.75) is 5.33 Å². The van der Waals surface area contributed by atoms with E-state index in [2.05, 4.69) is 26.5 Å². The van der Waals surface area contributed by atoms with Crippen LogP contribution in [0.25, 0.3) is 11.3 Å². The molecule has 0 spiro atoms. The topological polar surface area (TPSA) is 60.1 Å². The van der Waals surface area contributed by atoms with E-state index in [-0.39, 0.29) is 5.56 Å². The first-order valence-corrected chi connectivity index (χ1v) is 7.45. The first kappa shape index (κ1) is 13.6. The molecule has 21 heavy (non-hydrogen) atoms. The Bertz CT molecular complexity index is 796. The summed E-state index contributed by atoms with van der Waals surface area (Å²) in [7, 11) is 0. The largest absolute Gasteiger partial charge is 0.354 e. The molecule has 5 nitrogen and oxygen atoms in total. The summed E-state index contributed by atoms with van der Waals surface area (Å²) in [5, 5.41) is 4.60. The molecular weight excluding hydrogens is 334 g/mol. The van der Waals surface area contributed by atoms with Gasteiger partial charge in [-0.1, -0.05) is 57.5 Å². The second-order valence-corrected chi connectivity index (χ2v) is 4.99. The van der Waals surface area contributed by atoms with E-state index in [0.717, 1.165) is 11.1 Å². The van der Waals surface area contributed by atoms with Gasteiger partial charge in [0, 0.05) is 29.2 Å². The van der Waals surface area contributed by atoms with Gasteiger partial charge in [0.15, 0.2) is 11.6 Å². The standard InChI is InChI=1S/C15H12BrN3O2/c16-9-11-6-7-15(20)19(10-11)17-14-8-13(21-18-14)12-4-2-1-3-5-12/h1-8,10H,9H2,(H,17,18). The van der Waals surface area contributed by atoms with Gasteiger partial charge in [0.2, 0.25) is 0 Å². The fourth-order valence-corrected chi connectivity index (χ4v) is 2.22. The van der Waals surface area contributed by atoms with E-state index in [4.69, 9.17) is 4.52 Å². The zero-order valence-corrected chi connectivity index (χ0v) is 12.6. The molecule has 0 amide bonds. The van der Waals surface area contributed by atoms with Crippen LogP contribution in [0.5, 0.6) is 0 Å². The molecule has 2 heterocycles. The predicted octanol–water partition coefficient (Wildman–Crippen LogP) is 3.27. The molecule has 0 aliphatic heterocycles. The fourth-order valence-electron chi connectivity index (χ4n) is 1.89. The van der Waals surface area contributed by atoms with Gasteiger partial charge in [-0.05, 0) is 5.56 Å². The van der Waals surface area contributed by atoms with Crippen LogP contribution in [0.1, 0.15) is 5.56 Å². The molecule has 3 aromatic rings. The first-order valence-electron chi connectivity index (χ1n) is 6.33. The third-order valence-corrected chi connectivity index (χ3v) is 3.58. The highest BCUT2D eigenvalue weighted by molar-refractivity contribution is 9.08. The second-order valence-electron chi connectivity index (χ2n) is 4.43. The third kappa shape index (κ3) is 3.05. The maximum absolute atomic E-state index is 11.8. The average Bonchev–Trinajstić information content (AvgIpc) is 2.99. The van der Waals surface area contributed by atoms with E-state index in [1.807, 2.05) is 30.3 Å². The molecule has 3 rings (SSSR count). The van der Waals surface area contributed by atoms with Crippen molar-refractivity contribution < 1.29 is 4.52 Å². The molecule has 1 aromatic carbocycles. The highest BCUT2D eigenvalue weighted by atomic mass is 79.9. The van der Waals surface area contributed by atoms with E-state index in [1.54, 1.807) is 18.3 Å². The number of anilines is 1. The Hall–Kier alpha value is -2.34. The quantitative estimate of drug-likeness (QED) is 0.737. The molecule has 0 fully saturated rings. The summed E-state index contributed by atoms with van der Waals surface area (Å²) in [5.74, 6) is 1.12. The number of alkyl halides is 1. The van der Waals surface area contributed by atoms with E-state index in [0.29, 0.717) is 16.9 Å². The molecule has 106 valence electrons. The summed E-state index contributed by atoms with van der Waals surface area (Å²) in [5.41, 5.74) is 4.66. The Labute approximate surface area is 129 Å². The van der Waals surface area contributed by atoms with Gasteiger partial charge in [-0.15, -0.1) is 0 Å². The number of nitrogens with one attached hydrogen (secondary N) is 1. The minimum absolute atomic E-state index is 0.163. The van der Waals surface area contributed by atoms with Crippen molar-refractivity contribution in [3.8, 4) is 11.3 Å². The van der Waals surface area contributed by atoms with Crippen LogP contribution < -0.4 is 11.0 Å². The van der Waals surface area contributed by atoms with Crippen LogP contribution in [0.3, 0.4) is 0 Å². The van der Waals surface area contributed by atoms with Crippen LogP contribution in [0.2, 0.25) is 0 Å². The van der Waals surface area contributed by atoms with Crippen LogP contribution >= 0.6 is 15.9 Å². The van der Waals surface area contributed by atoms with Gasteiger partial charge in [-0.2, -0.15) is 0 Å². The zero-order valence-electron chi connectivity index (χ0n) is 11.0. The molecule has 2 aromatic heterocycles. The second kappa shape index (κ2) is 5.97. The number of benzene rings is 1. The monoisotopic (exact) mass is 345 g/mol. The Morgan fingerprint density at radius 3 is 2.76 bits per heavy atom. The van der Waals surface area contributed by atoms with Crippen LogP contribution in [-0.4, -0.2) is 9.83 Å². The van der Waals surface area contributed by atoms with Crippen molar-refractivity contribution in [3.63, 3.8) is 0 Å². The van der Waals surface area contributed by atoms with Crippen LogP contribution in [0, 0.1) is 0 Å². The maximum Gasteiger partial charge on any atom is 0.269 e. The van der Waals surface area contributed by atoms with E-state index in [9.17, 15) is 4.79 Å². The lowest BCUT2D eigenvalue weighted by Crippen LogP contribution is -2.25. The number of nitrogens with zero attached hydrogens (tertiary/aromatic N) is 2. The summed E-state index contributed by atoms with van der Waals surface area (Å²) in [4.78, 5) is 11.8. The normalized spacial score (nSPS) is 10.5. The molecule has 0 bridgehead atoms. The summed E-state index contributed by atoms with van der Waals surface area (Å²) in [6.07, 6.45) is 1.72. The highest BCUT2D eigenvalue weighted by Gasteiger charge is 2.07. The van der Waals surface area contributed by atoms with Gasteiger partial charge < -0.3 is 4.52 Å². The Kier molecular flexibility index (Phi) is 3.87. The van der Waals surface area contributed by atoms with Crippen LogP contribution in [-0.2, 0) is 5.33 Å². The van der Waals surface area contributed by atoms with Gasteiger partial charge in [0.1, 0.15) is 0 Å². The van der Waals surface area contributed by atoms with Gasteiger partial charge in [0.05, 0.1) is 0 Å². The molecule has 0 saturated heterocycles. The number of hydrogen-bond acceptors (Lipinski definition) is 4. The van der Waals surface area contributed by atoms with Gasteiger partial charge in [0.25, 0.3) is 5.56 Å². The van der Waals surface area contributed by atoms with Crippen molar-refractivity contribution >= 4 is 21.7 Å². The Morgan fingerprint density at radius 1 is 1.19 bits per heavy atom. The molecule has 0 unspecified atom stereocenters. The van der Waals surface area contributed by atoms with Crippen LogP contribution in [0.4, 0.5) is 5.82 Å². The molecule has 0 radical (unpaired) electrons. The maximum atomic E-state index is 11.8. The van der Waals surface area contributed by atoms with Crippen molar-refractivity contribution in [1.29, 1.82) is 0 Å². The number of pyridine rings is 1. The average molecular weight is 346 g/mol.